The van der Waals surface area contributed by atoms with E-state index in [-0.39, 0.29) is 0 Å². The molecule has 0 spiro atoms. The van der Waals surface area contributed by atoms with Crippen LogP contribution in [0.4, 0.5) is 5.82 Å². The van der Waals surface area contributed by atoms with Gasteiger partial charge in [0.15, 0.2) is 0 Å². The molecule has 1 N–H and O–H groups in total. The van der Waals surface area contributed by atoms with Gasteiger partial charge in [0.2, 0.25) is 0 Å². The smallest absolute Gasteiger partial charge is 0.142 e. The van der Waals surface area contributed by atoms with Crippen molar-refractivity contribution in [3.63, 3.8) is 0 Å². The molecule has 18 heavy (non-hydrogen) atoms. The molecule has 2 rings (SSSR count). The molecule has 0 amide bonds. The van der Waals surface area contributed by atoms with E-state index in [1.807, 2.05) is 18.8 Å². The van der Waals surface area contributed by atoms with Gasteiger partial charge >= 0.3 is 0 Å². The first-order valence-corrected chi connectivity index (χ1v) is 8.07. The fourth-order valence-electron chi connectivity index (χ4n) is 1.68. The highest BCUT2D eigenvalue weighted by atomic mass is 32.2. The van der Waals surface area contributed by atoms with Crippen LogP contribution in [0.15, 0.2) is 6.07 Å². The lowest BCUT2D eigenvalue weighted by Crippen LogP contribution is -2.01. The van der Waals surface area contributed by atoms with Gasteiger partial charge in [-0.15, -0.1) is 11.3 Å². The third kappa shape index (κ3) is 2.95. The molecule has 2 aromatic heterocycles. The Morgan fingerprint density at radius 3 is 2.89 bits per heavy atom. The summed E-state index contributed by atoms with van der Waals surface area (Å²) >= 11 is 3.65. The molecule has 5 heteroatoms. The zero-order chi connectivity index (χ0) is 13.1. The van der Waals surface area contributed by atoms with Crippen LogP contribution < -0.4 is 5.32 Å². The Labute approximate surface area is 116 Å². The second-order valence-electron chi connectivity index (χ2n) is 4.34. The van der Waals surface area contributed by atoms with Crippen molar-refractivity contribution < 1.29 is 0 Å². The minimum atomic E-state index is 0.660. The minimum Gasteiger partial charge on any atom is -0.372 e. The molecule has 1 unspecified atom stereocenters. The lowest BCUT2D eigenvalue weighted by atomic mass is 10.3. The molecule has 98 valence electrons. The Hall–Kier alpha value is -0.810. The third-order valence-corrected chi connectivity index (χ3v) is 5.14. The number of rotatable bonds is 5. The van der Waals surface area contributed by atoms with Gasteiger partial charge in [0.1, 0.15) is 16.5 Å². The summed E-state index contributed by atoms with van der Waals surface area (Å²) < 4.78 is 0. The first-order valence-electron chi connectivity index (χ1n) is 6.20. The van der Waals surface area contributed by atoms with Crippen LogP contribution in [-0.4, -0.2) is 22.3 Å². The molecule has 0 aliphatic heterocycles. The van der Waals surface area contributed by atoms with Crippen molar-refractivity contribution >= 4 is 39.1 Å². The van der Waals surface area contributed by atoms with Crippen LogP contribution in [0.5, 0.6) is 0 Å². The van der Waals surface area contributed by atoms with Crippen LogP contribution in [0.25, 0.3) is 10.2 Å². The molecule has 0 fully saturated rings. The van der Waals surface area contributed by atoms with Gasteiger partial charge < -0.3 is 5.32 Å². The lowest BCUT2D eigenvalue weighted by molar-refractivity contribution is 0.902. The van der Waals surface area contributed by atoms with E-state index in [0.717, 1.165) is 27.6 Å². The first-order chi connectivity index (χ1) is 8.63. The lowest BCUT2D eigenvalue weighted by Gasteiger charge is -2.08. The topological polar surface area (TPSA) is 37.8 Å². The van der Waals surface area contributed by atoms with Gasteiger partial charge in [-0.05, 0) is 19.4 Å². The van der Waals surface area contributed by atoms with Crippen molar-refractivity contribution in [2.45, 2.75) is 38.2 Å². The van der Waals surface area contributed by atoms with Crippen molar-refractivity contribution in [2.24, 2.45) is 0 Å². The maximum atomic E-state index is 4.66. The number of aromatic nitrogens is 2. The van der Waals surface area contributed by atoms with Crippen molar-refractivity contribution in [1.29, 1.82) is 0 Å². The van der Waals surface area contributed by atoms with E-state index in [1.54, 1.807) is 11.3 Å². The van der Waals surface area contributed by atoms with Crippen LogP contribution >= 0.6 is 23.1 Å². The number of fused-ring (bicyclic) bond motifs is 1. The van der Waals surface area contributed by atoms with Crippen LogP contribution in [0.3, 0.4) is 0 Å². The van der Waals surface area contributed by atoms with E-state index in [2.05, 4.69) is 42.1 Å². The average Bonchev–Trinajstić information content (AvgIpc) is 2.74. The normalized spacial score (nSPS) is 12.9. The maximum absolute atomic E-state index is 4.66. The van der Waals surface area contributed by atoms with Gasteiger partial charge in [-0.2, -0.15) is 11.8 Å². The van der Waals surface area contributed by atoms with Crippen LogP contribution in [0.1, 0.15) is 31.0 Å². The van der Waals surface area contributed by atoms with E-state index in [4.69, 9.17) is 0 Å². The number of anilines is 1. The summed E-state index contributed by atoms with van der Waals surface area (Å²) in [5.74, 6) is 2.76. The van der Waals surface area contributed by atoms with E-state index >= 15 is 0 Å². The number of hydrogen-bond donors (Lipinski definition) is 1. The number of thiophene rings is 1. The van der Waals surface area contributed by atoms with Gasteiger partial charge in [-0.3, -0.25) is 0 Å². The second-order valence-corrected chi connectivity index (χ2v) is 7.01. The Bertz CT molecular complexity index is 536. The number of hydrogen-bond acceptors (Lipinski definition) is 5. The molecule has 1 atom stereocenters. The molecule has 0 radical (unpaired) electrons. The monoisotopic (exact) mass is 281 g/mol. The van der Waals surface area contributed by atoms with Gasteiger partial charge in [-0.1, -0.05) is 13.8 Å². The van der Waals surface area contributed by atoms with E-state index in [1.165, 1.54) is 11.3 Å². The Morgan fingerprint density at radius 1 is 1.44 bits per heavy atom. The molecular formula is C13H19N3S2. The molecule has 2 heterocycles. The molecule has 0 aliphatic rings. The van der Waals surface area contributed by atoms with Gasteiger partial charge in [0.25, 0.3) is 0 Å². The van der Waals surface area contributed by atoms with Crippen molar-refractivity contribution in [3.05, 3.63) is 16.8 Å². The molecule has 2 aromatic rings. The molecule has 0 saturated carbocycles. The Balaban J connectivity index is 2.28. The highest BCUT2D eigenvalue weighted by Crippen LogP contribution is 2.29. The van der Waals surface area contributed by atoms with Crippen LogP contribution in [0.2, 0.25) is 0 Å². The highest BCUT2D eigenvalue weighted by Gasteiger charge is 2.10. The molecule has 3 nitrogen and oxygen atoms in total. The SMILES string of the molecule is CCC(C)SCc1nc(NC)c2cc(C)sc2n1. The summed E-state index contributed by atoms with van der Waals surface area (Å²) in [6.07, 6.45) is 1.18. The van der Waals surface area contributed by atoms with Gasteiger partial charge in [-0.25, -0.2) is 9.97 Å². The number of thioether (sulfide) groups is 1. The zero-order valence-electron chi connectivity index (χ0n) is 11.3. The Morgan fingerprint density at radius 2 is 2.22 bits per heavy atom. The largest absolute Gasteiger partial charge is 0.372 e. The molecule has 0 aliphatic carbocycles. The average molecular weight is 281 g/mol. The first kappa shape index (κ1) is 13.6. The minimum absolute atomic E-state index is 0.660. The molecule has 0 bridgehead atoms. The second kappa shape index (κ2) is 5.89. The van der Waals surface area contributed by atoms with E-state index in [9.17, 15) is 0 Å². The molecule has 0 aromatic carbocycles. The summed E-state index contributed by atoms with van der Waals surface area (Å²) in [5, 5.41) is 4.97. The predicted octanol–water partition coefficient (Wildman–Crippen LogP) is 4.07. The molecular weight excluding hydrogens is 262 g/mol. The van der Waals surface area contributed by atoms with Gasteiger partial charge in [0, 0.05) is 17.2 Å². The predicted molar refractivity (Wildman–Crippen MR) is 82.7 cm³/mol. The van der Waals surface area contributed by atoms with Crippen molar-refractivity contribution in [3.8, 4) is 0 Å². The fraction of sp³-hybridized carbons (Fsp3) is 0.538. The van der Waals surface area contributed by atoms with Crippen molar-refractivity contribution in [2.75, 3.05) is 12.4 Å². The third-order valence-electron chi connectivity index (χ3n) is 2.87. The summed E-state index contributed by atoms with van der Waals surface area (Å²) in [7, 11) is 1.92. The summed E-state index contributed by atoms with van der Waals surface area (Å²) in [6, 6.07) is 2.15. The van der Waals surface area contributed by atoms with Crippen molar-refractivity contribution in [1.82, 2.24) is 9.97 Å². The summed E-state index contributed by atoms with van der Waals surface area (Å²) in [5.41, 5.74) is 0. The van der Waals surface area contributed by atoms with E-state index < -0.39 is 0 Å². The fourth-order valence-corrected chi connectivity index (χ4v) is 3.37. The zero-order valence-corrected chi connectivity index (χ0v) is 12.9. The number of nitrogens with one attached hydrogen (secondary N) is 1. The number of nitrogens with zero attached hydrogens (tertiary/aromatic N) is 2. The van der Waals surface area contributed by atoms with Crippen LogP contribution in [-0.2, 0) is 5.75 Å². The molecule has 0 saturated heterocycles. The number of aryl methyl sites for hydroxylation is 1. The van der Waals surface area contributed by atoms with E-state index in [0.29, 0.717) is 5.25 Å². The van der Waals surface area contributed by atoms with Crippen LogP contribution in [0, 0.1) is 6.92 Å². The quantitative estimate of drug-likeness (QED) is 0.896. The summed E-state index contributed by atoms with van der Waals surface area (Å²) in [6.45, 7) is 6.57. The highest BCUT2D eigenvalue weighted by molar-refractivity contribution is 7.99. The Kier molecular flexibility index (Phi) is 4.45. The summed E-state index contributed by atoms with van der Waals surface area (Å²) in [4.78, 5) is 11.6. The standard InChI is InChI=1S/C13H19N3S2/c1-5-8(2)17-7-11-15-12(14-4)10-6-9(3)18-13(10)16-11/h6,8H,5,7H2,1-4H3,(H,14,15,16). The maximum Gasteiger partial charge on any atom is 0.142 e. The van der Waals surface area contributed by atoms with Gasteiger partial charge in [0.05, 0.1) is 11.1 Å².